The molecule has 8 nitrogen and oxygen atoms in total. The molecule has 4 rings (SSSR count). The van der Waals surface area contributed by atoms with Gasteiger partial charge in [0.15, 0.2) is 5.65 Å². The third kappa shape index (κ3) is 3.94. The summed E-state index contributed by atoms with van der Waals surface area (Å²) in [4.78, 5) is 18.0. The normalized spacial score (nSPS) is 16.2. The van der Waals surface area contributed by atoms with Crippen LogP contribution in [-0.2, 0) is 0 Å². The van der Waals surface area contributed by atoms with Gasteiger partial charge in [-0.2, -0.15) is 13.9 Å². The molecule has 1 unspecified atom stereocenters. The number of rotatable bonds is 6. The molecular formula is C19H18F2N6O2S. The average Bonchev–Trinajstić information content (AvgIpc) is 3.31. The Hall–Kier alpha value is -3.18. The molecule has 0 aliphatic carbocycles. The summed E-state index contributed by atoms with van der Waals surface area (Å²) in [5.41, 5.74) is 4.80. The van der Waals surface area contributed by atoms with E-state index >= 15 is 0 Å². The van der Waals surface area contributed by atoms with Crippen LogP contribution in [0.1, 0.15) is 22.0 Å². The number of benzene rings is 1. The first-order chi connectivity index (χ1) is 14.5. The molecule has 2 aromatic heterocycles. The lowest BCUT2D eigenvalue weighted by Gasteiger charge is -2.21. The molecule has 156 valence electrons. The lowest BCUT2D eigenvalue weighted by atomic mass is 10.0. The molecule has 1 atom stereocenters. The highest BCUT2D eigenvalue weighted by atomic mass is 32.2. The van der Waals surface area contributed by atoms with Crippen molar-refractivity contribution in [2.75, 3.05) is 13.3 Å². The Bertz CT molecular complexity index is 1120. The van der Waals surface area contributed by atoms with Gasteiger partial charge in [0.2, 0.25) is 0 Å². The van der Waals surface area contributed by atoms with Gasteiger partial charge in [0.05, 0.1) is 17.9 Å². The zero-order chi connectivity index (χ0) is 21.3. The van der Waals surface area contributed by atoms with E-state index in [2.05, 4.69) is 20.8 Å². The van der Waals surface area contributed by atoms with Crippen molar-refractivity contribution in [3.63, 3.8) is 0 Å². The van der Waals surface area contributed by atoms with Crippen molar-refractivity contribution in [2.24, 2.45) is 0 Å². The van der Waals surface area contributed by atoms with Crippen molar-refractivity contribution in [3.05, 3.63) is 65.9 Å². The second-order valence-corrected chi connectivity index (χ2v) is 7.32. The number of hydrogen-bond donors (Lipinski definition) is 2. The summed E-state index contributed by atoms with van der Waals surface area (Å²) in [6.07, 6.45) is 8.26. The Balaban J connectivity index is 1.65. The fourth-order valence-electron chi connectivity index (χ4n) is 3.20. The highest BCUT2D eigenvalue weighted by Gasteiger charge is 2.30. The molecule has 0 saturated heterocycles. The van der Waals surface area contributed by atoms with Gasteiger partial charge in [-0.1, -0.05) is 0 Å². The van der Waals surface area contributed by atoms with Gasteiger partial charge in [0.1, 0.15) is 11.3 Å². The number of amides is 1. The Morgan fingerprint density at radius 3 is 3.00 bits per heavy atom. The van der Waals surface area contributed by atoms with Gasteiger partial charge in [-0.3, -0.25) is 4.79 Å². The van der Waals surface area contributed by atoms with E-state index in [9.17, 15) is 13.6 Å². The molecule has 3 heterocycles. The fraction of sp³-hybridized carbons (Fsp3) is 0.211. The van der Waals surface area contributed by atoms with E-state index < -0.39 is 18.6 Å². The predicted octanol–water partition coefficient (Wildman–Crippen LogP) is 2.82. The lowest BCUT2D eigenvalue weighted by molar-refractivity contribution is -0.0507. The Kier molecular flexibility index (Phi) is 5.55. The van der Waals surface area contributed by atoms with Gasteiger partial charge in [0.25, 0.3) is 5.91 Å². The van der Waals surface area contributed by atoms with Gasteiger partial charge in [-0.25, -0.2) is 14.9 Å². The molecule has 2 N–H and O–H groups in total. The molecule has 1 aliphatic heterocycles. The lowest BCUT2D eigenvalue weighted by Crippen LogP contribution is -2.32. The van der Waals surface area contributed by atoms with E-state index in [4.69, 9.17) is 4.74 Å². The fourth-order valence-corrected chi connectivity index (χ4v) is 3.65. The van der Waals surface area contributed by atoms with Gasteiger partial charge in [-0.05, 0) is 30.5 Å². The van der Waals surface area contributed by atoms with Crippen LogP contribution in [0.2, 0.25) is 0 Å². The molecule has 11 heteroatoms. The quantitative estimate of drug-likeness (QED) is 0.580. The van der Waals surface area contributed by atoms with Crippen LogP contribution in [0.25, 0.3) is 5.65 Å². The summed E-state index contributed by atoms with van der Waals surface area (Å²) in [5, 5.41) is 8.61. The molecule has 30 heavy (non-hydrogen) atoms. The number of thioether (sulfide) groups is 1. The summed E-state index contributed by atoms with van der Waals surface area (Å²) in [6.45, 7) is -2.96. The van der Waals surface area contributed by atoms with E-state index in [0.29, 0.717) is 22.5 Å². The number of alkyl halides is 2. The number of nitrogens with zero attached hydrogens (tertiary/aromatic N) is 4. The summed E-state index contributed by atoms with van der Waals surface area (Å²) >= 11 is 1.47. The third-order valence-corrected chi connectivity index (χ3v) is 5.23. The largest absolute Gasteiger partial charge is 0.434 e. The van der Waals surface area contributed by atoms with Crippen molar-refractivity contribution in [2.45, 2.75) is 17.5 Å². The van der Waals surface area contributed by atoms with Crippen molar-refractivity contribution in [3.8, 4) is 5.75 Å². The third-order valence-electron chi connectivity index (χ3n) is 4.50. The minimum absolute atomic E-state index is 0.0356. The number of aromatic nitrogens is 3. The second kappa shape index (κ2) is 8.28. The van der Waals surface area contributed by atoms with Crippen LogP contribution < -0.4 is 15.5 Å². The van der Waals surface area contributed by atoms with Gasteiger partial charge in [0, 0.05) is 36.1 Å². The summed E-state index contributed by atoms with van der Waals surface area (Å²) in [6, 6.07) is 6.09. The Labute approximate surface area is 174 Å². The number of carbonyl (C=O) groups is 1. The summed E-state index contributed by atoms with van der Waals surface area (Å²) in [7, 11) is 1.75. The molecule has 0 spiro atoms. The molecule has 0 fully saturated rings. The maximum absolute atomic E-state index is 12.9. The first kappa shape index (κ1) is 20.1. The summed E-state index contributed by atoms with van der Waals surface area (Å²) in [5.74, 6) is -0.372. The van der Waals surface area contributed by atoms with E-state index in [-0.39, 0.29) is 5.75 Å². The van der Waals surface area contributed by atoms with E-state index in [1.165, 1.54) is 28.5 Å². The van der Waals surface area contributed by atoms with Crippen LogP contribution >= 0.6 is 11.8 Å². The monoisotopic (exact) mass is 432 g/mol. The van der Waals surface area contributed by atoms with Crippen molar-refractivity contribution < 1.29 is 18.3 Å². The number of halogens is 2. The molecule has 0 saturated carbocycles. The molecule has 1 amide bonds. The summed E-state index contributed by atoms with van der Waals surface area (Å²) < 4.78 is 32.1. The number of hydrogen-bond acceptors (Lipinski definition) is 7. The molecular weight excluding hydrogens is 414 g/mol. The minimum atomic E-state index is -2.96. The van der Waals surface area contributed by atoms with E-state index in [0.717, 1.165) is 4.90 Å². The topological polar surface area (TPSA) is 83.8 Å². The Morgan fingerprint density at radius 1 is 1.40 bits per heavy atom. The predicted molar refractivity (Wildman–Crippen MR) is 107 cm³/mol. The number of carbonyl (C=O) groups excluding carboxylic acids is 1. The van der Waals surface area contributed by atoms with Gasteiger partial charge >= 0.3 is 6.61 Å². The maximum atomic E-state index is 12.9. The van der Waals surface area contributed by atoms with Crippen LogP contribution in [0.5, 0.6) is 5.75 Å². The second-order valence-electron chi connectivity index (χ2n) is 6.44. The van der Waals surface area contributed by atoms with Crippen LogP contribution in [-0.4, -0.2) is 45.4 Å². The van der Waals surface area contributed by atoms with Crippen LogP contribution in [0.4, 0.5) is 8.78 Å². The smallest absolute Gasteiger partial charge is 0.387 e. The standard InChI is InChI=1S/C19H18F2N6O2S/c1-26-10-14(24-18(28)13-9-23-27-7-3-6-22-17(13)27)16(25-26)12-8-11(30-2)4-5-15(12)29-19(20)21/h3-10,16,19,25H,1-2H3,(H,24,28). The van der Waals surface area contributed by atoms with Crippen molar-refractivity contribution in [1.29, 1.82) is 0 Å². The number of fused-ring (bicyclic) bond motifs is 1. The molecule has 1 aliphatic rings. The van der Waals surface area contributed by atoms with Crippen LogP contribution in [0.3, 0.4) is 0 Å². The van der Waals surface area contributed by atoms with Crippen molar-refractivity contribution >= 4 is 23.3 Å². The zero-order valence-corrected chi connectivity index (χ0v) is 16.9. The van der Waals surface area contributed by atoms with Crippen LogP contribution in [0.15, 0.2) is 59.6 Å². The molecule has 0 bridgehead atoms. The van der Waals surface area contributed by atoms with E-state index in [1.807, 2.05) is 6.26 Å². The van der Waals surface area contributed by atoms with Crippen LogP contribution in [0, 0.1) is 0 Å². The number of ether oxygens (including phenoxy) is 1. The number of hydrazine groups is 1. The molecule has 0 radical (unpaired) electrons. The Morgan fingerprint density at radius 2 is 2.23 bits per heavy atom. The highest BCUT2D eigenvalue weighted by molar-refractivity contribution is 7.98. The molecule has 3 aromatic rings. The SMILES string of the molecule is CSc1ccc(OC(F)F)c(C2NN(C)C=C2NC(=O)c2cnn3cccnc23)c1. The highest BCUT2D eigenvalue weighted by Crippen LogP contribution is 2.35. The first-order valence-corrected chi connectivity index (χ1v) is 10.1. The first-order valence-electron chi connectivity index (χ1n) is 8.89. The average molecular weight is 432 g/mol. The minimum Gasteiger partial charge on any atom is -0.434 e. The molecule has 1 aromatic carbocycles. The van der Waals surface area contributed by atoms with Crippen molar-refractivity contribution in [1.82, 2.24) is 30.3 Å². The van der Waals surface area contributed by atoms with E-state index in [1.54, 1.807) is 48.8 Å². The zero-order valence-electron chi connectivity index (χ0n) is 16.0. The number of nitrogens with one attached hydrogen (secondary N) is 2. The van der Waals surface area contributed by atoms with Gasteiger partial charge < -0.3 is 15.1 Å². The maximum Gasteiger partial charge on any atom is 0.387 e. The van der Waals surface area contributed by atoms with Gasteiger partial charge in [-0.15, -0.1) is 11.8 Å².